The van der Waals surface area contributed by atoms with Gasteiger partial charge in [-0.25, -0.2) is 0 Å². The lowest BCUT2D eigenvalue weighted by molar-refractivity contribution is -0.0367. The molecule has 2 aliphatic rings. The molecule has 0 radical (unpaired) electrons. The average Bonchev–Trinajstić information content (AvgIpc) is 3.04. The first-order chi connectivity index (χ1) is 11.4. The molecule has 1 N–H and O–H groups in total. The predicted octanol–water partition coefficient (Wildman–Crippen LogP) is 3.36. The molecule has 6 heteroatoms. The van der Waals surface area contributed by atoms with Crippen LogP contribution in [0.15, 0.2) is 12.1 Å². The zero-order valence-corrected chi connectivity index (χ0v) is 15.5. The van der Waals surface area contributed by atoms with Gasteiger partial charge in [-0.1, -0.05) is 23.2 Å². The van der Waals surface area contributed by atoms with Crippen molar-refractivity contribution >= 4 is 29.1 Å². The molecule has 1 amide bonds. The lowest BCUT2D eigenvalue weighted by Gasteiger charge is -2.40. The van der Waals surface area contributed by atoms with E-state index in [1.807, 2.05) is 6.92 Å². The summed E-state index contributed by atoms with van der Waals surface area (Å²) in [4.78, 5) is 16.8. The summed E-state index contributed by atoms with van der Waals surface area (Å²) in [6.07, 6.45) is 3.66. The third-order valence-electron chi connectivity index (χ3n) is 5.23. The highest BCUT2D eigenvalue weighted by Gasteiger charge is 2.36. The van der Waals surface area contributed by atoms with Crippen molar-refractivity contribution < 1.29 is 9.90 Å². The normalized spacial score (nSPS) is 21.2. The smallest absolute Gasteiger partial charge is 0.253 e. The van der Waals surface area contributed by atoms with E-state index in [-0.39, 0.29) is 5.91 Å². The molecule has 0 atom stereocenters. The van der Waals surface area contributed by atoms with Crippen molar-refractivity contribution in [3.05, 3.63) is 33.3 Å². The summed E-state index contributed by atoms with van der Waals surface area (Å²) in [6.45, 7) is 5.82. The van der Waals surface area contributed by atoms with Gasteiger partial charge in [-0.2, -0.15) is 0 Å². The fourth-order valence-corrected chi connectivity index (χ4v) is 4.08. The van der Waals surface area contributed by atoms with Crippen LogP contribution in [-0.2, 0) is 0 Å². The molecule has 132 valence electrons. The predicted molar refractivity (Wildman–Crippen MR) is 97.0 cm³/mol. The maximum absolute atomic E-state index is 12.7. The first kappa shape index (κ1) is 18.0. The Bertz CT molecular complexity index is 598. The van der Waals surface area contributed by atoms with Crippen molar-refractivity contribution in [2.75, 3.05) is 32.7 Å². The molecule has 0 saturated carbocycles. The van der Waals surface area contributed by atoms with Gasteiger partial charge in [-0.05, 0) is 63.4 Å². The highest BCUT2D eigenvalue weighted by molar-refractivity contribution is 6.36. The quantitative estimate of drug-likeness (QED) is 0.886. The minimum atomic E-state index is -0.677. The van der Waals surface area contributed by atoms with E-state index in [0.717, 1.165) is 25.2 Å². The Morgan fingerprint density at radius 2 is 1.67 bits per heavy atom. The van der Waals surface area contributed by atoms with Crippen molar-refractivity contribution in [2.45, 2.75) is 38.2 Å². The number of rotatable bonds is 3. The van der Waals surface area contributed by atoms with E-state index in [4.69, 9.17) is 23.2 Å². The van der Waals surface area contributed by atoms with Gasteiger partial charge in [0.25, 0.3) is 5.91 Å². The number of β-amino-alcohol motifs (C(OH)–C–C–N with tert-alkyl or cyclic N) is 1. The zero-order valence-electron chi connectivity index (χ0n) is 14.0. The first-order valence-corrected chi connectivity index (χ1v) is 9.33. The van der Waals surface area contributed by atoms with Gasteiger partial charge < -0.3 is 14.9 Å². The molecule has 4 nitrogen and oxygen atoms in total. The monoisotopic (exact) mass is 370 g/mol. The molecule has 2 saturated heterocycles. The molecular formula is C18H24Cl2N2O2. The van der Waals surface area contributed by atoms with Crippen LogP contribution in [0, 0.1) is 6.92 Å². The molecule has 1 aromatic carbocycles. The number of amides is 1. The van der Waals surface area contributed by atoms with Gasteiger partial charge in [0.15, 0.2) is 0 Å². The lowest BCUT2D eigenvalue weighted by Crippen LogP contribution is -2.51. The summed E-state index contributed by atoms with van der Waals surface area (Å²) < 4.78 is 0. The molecule has 2 aliphatic heterocycles. The number of hydrogen-bond acceptors (Lipinski definition) is 3. The summed E-state index contributed by atoms with van der Waals surface area (Å²) in [7, 11) is 0. The zero-order chi connectivity index (χ0) is 17.3. The molecule has 0 spiro atoms. The van der Waals surface area contributed by atoms with Crippen LogP contribution in [-0.4, -0.2) is 59.1 Å². The van der Waals surface area contributed by atoms with E-state index < -0.39 is 5.60 Å². The van der Waals surface area contributed by atoms with Crippen LogP contribution in [0.1, 0.15) is 41.6 Å². The number of likely N-dealkylation sites (tertiary alicyclic amines) is 2. The number of aliphatic hydroxyl groups is 1. The van der Waals surface area contributed by atoms with E-state index in [2.05, 4.69) is 4.90 Å². The number of benzene rings is 1. The topological polar surface area (TPSA) is 43.8 Å². The molecule has 0 aliphatic carbocycles. The maximum Gasteiger partial charge on any atom is 0.253 e. The Hall–Kier alpha value is -0.810. The van der Waals surface area contributed by atoms with Crippen LogP contribution >= 0.6 is 23.2 Å². The molecule has 2 fully saturated rings. The minimum Gasteiger partial charge on any atom is -0.388 e. The second-order valence-corrected chi connectivity index (χ2v) is 7.88. The highest BCUT2D eigenvalue weighted by atomic mass is 35.5. The van der Waals surface area contributed by atoms with Crippen molar-refractivity contribution in [3.63, 3.8) is 0 Å². The summed E-state index contributed by atoms with van der Waals surface area (Å²) in [5.74, 6) is -0.0676. The van der Waals surface area contributed by atoms with E-state index >= 15 is 0 Å². The summed E-state index contributed by atoms with van der Waals surface area (Å²) >= 11 is 12.3. The Balaban J connectivity index is 1.62. The Labute approximate surface area is 153 Å². The lowest BCUT2D eigenvalue weighted by atomic mass is 9.90. The van der Waals surface area contributed by atoms with Crippen molar-refractivity contribution in [3.8, 4) is 0 Å². The van der Waals surface area contributed by atoms with E-state index in [0.29, 0.717) is 41.5 Å². The molecule has 0 unspecified atom stereocenters. The number of carbonyl (C=O) groups excluding carboxylic acids is 1. The molecule has 0 aromatic heterocycles. The van der Waals surface area contributed by atoms with Crippen molar-refractivity contribution in [2.24, 2.45) is 0 Å². The Kier molecular flexibility index (Phi) is 5.40. The van der Waals surface area contributed by atoms with Crippen LogP contribution in [0.5, 0.6) is 0 Å². The number of carbonyl (C=O) groups is 1. The van der Waals surface area contributed by atoms with Gasteiger partial charge in [0.05, 0.1) is 5.60 Å². The van der Waals surface area contributed by atoms with Gasteiger partial charge in [0, 0.05) is 35.2 Å². The summed E-state index contributed by atoms with van der Waals surface area (Å²) in [5.41, 5.74) is 0.623. The fraction of sp³-hybridized carbons (Fsp3) is 0.611. The molecular weight excluding hydrogens is 347 g/mol. The van der Waals surface area contributed by atoms with Crippen LogP contribution in [0.4, 0.5) is 0 Å². The molecule has 0 bridgehead atoms. The van der Waals surface area contributed by atoms with Gasteiger partial charge in [-0.15, -0.1) is 0 Å². The third-order valence-corrected chi connectivity index (χ3v) is 6.01. The van der Waals surface area contributed by atoms with Crippen LogP contribution in [0.2, 0.25) is 10.0 Å². The first-order valence-electron chi connectivity index (χ1n) is 8.58. The third kappa shape index (κ3) is 3.88. The number of hydrogen-bond donors (Lipinski definition) is 1. The molecule has 2 heterocycles. The number of piperidine rings is 1. The van der Waals surface area contributed by atoms with E-state index in [9.17, 15) is 9.90 Å². The standard InChI is InChI=1S/C18H24Cl2N2O2/c1-13-15(19)10-14(11-16(13)20)17(23)22-8-4-18(24,5-9-22)12-21-6-2-3-7-21/h10-11,24H,2-9,12H2,1H3. The SMILES string of the molecule is Cc1c(Cl)cc(C(=O)N2CCC(O)(CN3CCCC3)CC2)cc1Cl. The van der Waals surface area contributed by atoms with Gasteiger partial charge in [-0.3, -0.25) is 4.79 Å². The van der Waals surface area contributed by atoms with Crippen LogP contribution in [0.3, 0.4) is 0 Å². The summed E-state index contributed by atoms with van der Waals surface area (Å²) in [6, 6.07) is 3.35. The van der Waals surface area contributed by atoms with Crippen LogP contribution in [0.25, 0.3) is 0 Å². The van der Waals surface area contributed by atoms with E-state index in [1.165, 1.54) is 12.8 Å². The fourth-order valence-electron chi connectivity index (χ4n) is 3.59. The number of nitrogens with zero attached hydrogens (tertiary/aromatic N) is 2. The van der Waals surface area contributed by atoms with Crippen LogP contribution < -0.4 is 0 Å². The summed E-state index contributed by atoms with van der Waals surface area (Å²) in [5, 5.41) is 11.8. The van der Waals surface area contributed by atoms with Gasteiger partial charge in [0.1, 0.15) is 0 Å². The highest BCUT2D eigenvalue weighted by Crippen LogP contribution is 2.29. The average molecular weight is 371 g/mol. The Morgan fingerprint density at radius 1 is 1.12 bits per heavy atom. The van der Waals surface area contributed by atoms with E-state index in [1.54, 1.807) is 17.0 Å². The molecule has 3 rings (SSSR count). The maximum atomic E-state index is 12.7. The molecule has 24 heavy (non-hydrogen) atoms. The van der Waals surface area contributed by atoms with Crippen molar-refractivity contribution in [1.29, 1.82) is 0 Å². The number of halogens is 2. The minimum absolute atomic E-state index is 0.0676. The second-order valence-electron chi connectivity index (χ2n) is 7.06. The Morgan fingerprint density at radius 3 is 2.21 bits per heavy atom. The molecule has 1 aromatic rings. The second kappa shape index (κ2) is 7.20. The largest absolute Gasteiger partial charge is 0.388 e. The van der Waals surface area contributed by atoms with Gasteiger partial charge >= 0.3 is 0 Å². The van der Waals surface area contributed by atoms with Gasteiger partial charge in [0.2, 0.25) is 0 Å². The van der Waals surface area contributed by atoms with Crippen molar-refractivity contribution in [1.82, 2.24) is 9.80 Å².